The van der Waals surface area contributed by atoms with Crippen molar-refractivity contribution in [3.63, 3.8) is 0 Å². The van der Waals surface area contributed by atoms with Gasteiger partial charge in [0.1, 0.15) is 0 Å². The summed E-state index contributed by atoms with van der Waals surface area (Å²) < 4.78 is 0. The quantitative estimate of drug-likeness (QED) is 0.589. The molecule has 0 spiro atoms. The molecule has 0 heterocycles. The van der Waals surface area contributed by atoms with E-state index in [4.69, 9.17) is 11.6 Å². The Hall–Kier alpha value is -2.12. The Morgan fingerprint density at radius 1 is 0.955 bits per heavy atom. The SMILES string of the molecule is CC1(c2ccc(Cl)cc2)CC(=O)c2c1ccc1ccccc21. The second-order valence-electron chi connectivity index (χ2n) is 6.15. The molecular formula is C20H15ClO. The minimum absolute atomic E-state index is 0.226. The fourth-order valence-corrected chi connectivity index (χ4v) is 3.74. The van der Waals surface area contributed by atoms with E-state index in [9.17, 15) is 4.79 Å². The summed E-state index contributed by atoms with van der Waals surface area (Å²) in [5.41, 5.74) is 2.87. The second-order valence-corrected chi connectivity index (χ2v) is 6.58. The van der Waals surface area contributed by atoms with Gasteiger partial charge < -0.3 is 0 Å². The summed E-state index contributed by atoms with van der Waals surface area (Å²) >= 11 is 6.00. The van der Waals surface area contributed by atoms with Crippen molar-refractivity contribution in [2.24, 2.45) is 0 Å². The molecule has 0 N–H and O–H groups in total. The Kier molecular flexibility index (Phi) is 2.88. The molecule has 0 aliphatic heterocycles. The van der Waals surface area contributed by atoms with Crippen molar-refractivity contribution in [1.82, 2.24) is 0 Å². The van der Waals surface area contributed by atoms with Crippen molar-refractivity contribution in [3.8, 4) is 0 Å². The van der Waals surface area contributed by atoms with Crippen molar-refractivity contribution in [1.29, 1.82) is 0 Å². The Morgan fingerprint density at radius 2 is 1.68 bits per heavy atom. The van der Waals surface area contributed by atoms with Gasteiger partial charge in [-0.25, -0.2) is 0 Å². The van der Waals surface area contributed by atoms with Crippen molar-refractivity contribution >= 4 is 28.2 Å². The zero-order chi connectivity index (χ0) is 15.3. The smallest absolute Gasteiger partial charge is 0.165 e. The van der Waals surface area contributed by atoms with Gasteiger partial charge in [-0.1, -0.05) is 67.1 Å². The summed E-state index contributed by atoms with van der Waals surface area (Å²) in [7, 11) is 0. The van der Waals surface area contributed by atoms with Gasteiger partial charge in [-0.3, -0.25) is 4.79 Å². The molecule has 0 saturated carbocycles. The molecule has 1 atom stereocenters. The Balaban J connectivity index is 1.99. The van der Waals surface area contributed by atoms with Crippen LogP contribution in [0.4, 0.5) is 0 Å². The molecule has 3 aromatic rings. The zero-order valence-electron chi connectivity index (χ0n) is 12.3. The Bertz CT molecular complexity index is 895. The average Bonchev–Trinajstić information content (AvgIpc) is 2.80. The van der Waals surface area contributed by atoms with E-state index in [-0.39, 0.29) is 11.2 Å². The number of Topliss-reactive ketones (excluding diaryl/α,β-unsaturated/α-hetero) is 1. The van der Waals surface area contributed by atoms with E-state index >= 15 is 0 Å². The van der Waals surface area contributed by atoms with E-state index in [0.717, 1.165) is 32.5 Å². The van der Waals surface area contributed by atoms with E-state index in [1.165, 1.54) is 0 Å². The first-order chi connectivity index (χ1) is 10.6. The molecule has 0 saturated heterocycles. The molecule has 0 fully saturated rings. The second kappa shape index (κ2) is 4.69. The minimum Gasteiger partial charge on any atom is -0.294 e. The molecule has 1 unspecified atom stereocenters. The molecule has 108 valence electrons. The minimum atomic E-state index is -0.277. The number of halogens is 1. The summed E-state index contributed by atoms with van der Waals surface area (Å²) in [6.45, 7) is 2.15. The topological polar surface area (TPSA) is 17.1 Å². The Morgan fingerprint density at radius 3 is 2.45 bits per heavy atom. The molecule has 0 radical (unpaired) electrons. The summed E-state index contributed by atoms with van der Waals surface area (Å²) in [5, 5.41) is 2.90. The third kappa shape index (κ3) is 1.82. The van der Waals surface area contributed by atoms with Crippen LogP contribution in [-0.4, -0.2) is 5.78 Å². The lowest BCUT2D eigenvalue weighted by atomic mass is 9.77. The van der Waals surface area contributed by atoms with Crippen molar-refractivity contribution in [2.45, 2.75) is 18.8 Å². The van der Waals surface area contributed by atoms with Crippen LogP contribution in [0.1, 0.15) is 34.8 Å². The van der Waals surface area contributed by atoms with Gasteiger partial charge in [0.25, 0.3) is 0 Å². The van der Waals surface area contributed by atoms with Crippen molar-refractivity contribution in [3.05, 3.63) is 82.4 Å². The van der Waals surface area contributed by atoms with Gasteiger partial charge >= 0.3 is 0 Å². The monoisotopic (exact) mass is 306 g/mol. The number of carbonyl (C=O) groups is 1. The number of hydrogen-bond acceptors (Lipinski definition) is 1. The van der Waals surface area contributed by atoms with Crippen LogP contribution in [0.25, 0.3) is 10.8 Å². The van der Waals surface area contributed by atoms with Crippen LogP contribution < -0.4 is 0 Å². The first-order valence-electron chi connectivity index (χ1n) is 7.41. The highest BCUT2D eigenvalue weighted by Gasteiger charge is 2.41. The van der Waals surface area contributed by atoms with Gasteiger partial charge in [-0.2, -0.15) is 0 Å². The van der Waals surface area contributed by atoms with E-state index in [0.29, 0.717) is 6.42 Å². The standard InChI is InChI=1S/C20H15ClO/c1-20(14-7-9-15(21)10-8-14)12-18(22)19-16-5-3-2-4-13(16)6-11-17(19)20/h2-11H,12H2,1H3. The molecule has 1 aliphatic carbocycles. The van der Waals surface area contributed by atoms with Crippen LogP contribution in [0.3, 0.4) is 0 Å². The largest absolute Gasteiger partial charge is 0.294 e. The third-order valence-electron chi connectivity index (χ3n) is 4.80. The molecular weight excluding hydrogens is 292 g/mol. The van der Waals surface area contributed by atoms with Gasteiger partial charge in [0, 0.05) is 22.4 Å². The number of carbonyl (C=O) groups excluding carboxylic acids is 1. The zero-order valence-corrected chi connectivity index (χ0v) is 13.0. The van der Waals surface area contributed by atoms with E-state index in [2.05, 4.69) is 25.1 Å². The number of rotatable bonds is 1. The molecule has 2 heteroatoms. The number of ketones is 1. The third-order valence-corrected chi connectivity index (χ3v) is 5.05. The molecule has 4 rings (SSSR count). The average molecular weight is 307 g/mol. The maximum atomic E-state index is 12.7. The molecule has 0 amide bonds. The molecule has 0 aromatic heterocycles. The normalized spacial score (nSPS) is 20.4. The summed E-state index contributed by atoms with van der Waals surface area (Å²) in [6, 6.07) is 20.2. The highest BCUT2D eigenvalue weighted by Crippen LogP contribution is 2.46. The molecule has 22 heavy (non-hydrogen) atoms. The number of hydrogen-bond donors (Lipinski definition) is 0. The predicted octanol–water partition coefficient (Wildman–Crippen LogP) is 5.39. The summed E-state index contributed by atoms with van der Waals surface area (Å²) in [6.07, 6.45) is 0.512. The highest BCUT2D eigenvalue weighted by molar-refractivity contribution is 6.30. The van der Waals surface area contributed by atoms with Gasteiger partial charge in [-0.05, 0) is 34.0 Å². The fraction of sp³-hybridized carbons (Fsp3) is 0.150. The van der Waals surface area contributed by atoms with Crippen LogP contribution in [-0.2, 0) is 5.41 Å². The number of benzene rings is 3. The van der Waals surface area contributed by atoms with Crippen LogP contribution in [0, 0.1) is 0 Å². The van der Waals surface area contributed by atoms with Gasteiger partial charge in [0.05, 0.1) is 0 Å². The van der Waals surface area contributed by atoms with Crippen molar-refractivity contribution < 1.29 is 4.79 Å². The lowest BCUT2D eigenvalue weighted by molar-refractivity contribution is 0.0983. The van der Waals surface area contributed by atoms with Gasteiger partial charge in [0.2, 0.25) is 0 Å². The molecule has 3 aromatic carbocycles. The van der Waals surface area contributed by atoms with Crippen LogP contribution in [0.2, 0.25) is 5.02 Å². The van der Waals surface area contributed by atoms with E-state index in [1.54, 1.807) is 0 Å². The van der Waals surface area contributed by atoms with Gasteiger partial charge in [0.15, 0.2) is 5.78 Å². The molecule has 1 nitrogen and oxygen atoms in total. The van der Waals surface area contributed by atoms with Crippen LogP contribution >= 0.6 is 11.6 Å². The molecule has 0 bridgehead atoms. The van der Waals surface area contributed by atoms with Gasteiger partial charge in [-0.15, -0.1) is 0 Å². The summed E-state index contributed by atoms with van der Waals surface area (Å²) in [4.78, 5) is 12.7. The first kappa shape index (κ1) is 13.5. The fourth-order valence-electron chi connectivity index (χ4n) is 3.61. The maximum absolute atomic E-state index is 12.7. The maximum Gasteiger partial charge on any atom is 0.165 e. The van der Waals surface area contributed by atoms with Crippen LogP contribution in [0.15, 0.2) is 60.7 Å². The summed E-state index contributed by atoms with van der Waals surface area (Å²) in [5.74, 6) is 0.226. The predicted molar refractivity (Wildman–Crippen MR) is 90.8 cm³/mol. The van der Waals surface area contributed by atoms with E-state index < -0.39 is 0 Å². The Labute approximate surface area is 134 Å². The van der Waals surface area contributed by atoms with Crippen LogP contribution in [0.5, 0.6) is 0 Å². The van der Waals surface area contributed by atoms with Crippen molar-refractivity contribution in [2.75, 3.05) is 0 Å². The lowest BCUT2D eigenvalue weighted by Crippen LogP contribution is -2.20. The van der Waals surface area contributed by atoms with E-state index in [1.807, 2.05) is 42.5 Å². The molecule has 1 aliphatic rings. The lowest BCUT2D eigenvalue weighted by Gasteiger charge is -2.25. The highest BCUT2D eigenvalue weighted by atomic mass is 35.5. The first-order valence-corrected chi connectivity index (χ1v) is 7.79. The number of fused-ring (bicyclic) bond motifs is 3.